The molecule has 5 aromatic rings. The molecule has 0 amide bonds. The number of carbonyl (C=O) groups is 1. The van der Waals surface area contributed by atoms with Gasteiger partial charge >= 0.3 is 5.97 Å². The molecular formula is C32H24N4O9S. The van der Waals surface area contributed by atoms with Crippen LogP contribution in [0.2, 0.25) is 0 Å². The van der Waals surface area contributed by atoms with E-state index >= 15 is 0 Å². The molecule has 46 heavy (non-hydrogen) atoms. The van der Waals surface area contributed by atoms with Gasteiger partial charge < -0.3 is 13.6 Å². The minimum atomic E-state index is -1.04. The molecule has 0 spiro atoms. The summed E-state index contributed by atoms with van der Waals surface area (Å²) in [5, 5.41) is 22.6. The Morgan fingerprint density at radius 3 is 2.48 bits per heavy atom. The second-order valence-electron chi connectivity index (χ2n) is 10.3. The number of aromatic nitrogens is 1. The molecule has 13 nitrogen and oxygen atoms in total. The zero-order valence-electron chi connectivity index (χ0n) is 24.6. The summed E-state index contributed by atoms with van der Waals surface area (Å²) < 4.78 is 19.0. The molecule has 0 aliphatic carbocycles. The maximum Gasteiger partial charge on any atom is 0.338 e. The molecule has 1 aliphatic heterocycles. The smallest absolute Gasteiger partial charge is 0.338 e. The molecule has 0 N–H and O–H groups in total. The third-order valence-electron chi connectivity index (χ3n) is 7.35. The van der Waals surface area contributed by atoms with Crippen molar-refractivity contribution in [2.75, 3.05) is 6.61 Å². The van der Waals surface area contributed by atoms with E-state index in [9.17, 15) is 29.8 Å². The SMILES string of the molecule is CCOC(=O)C1=C(C)N=c2s/c(=C\c3ccc(-c4cc([N+](=O)[O-])ccc4C)o3)c(=O)n2[C@H]1c1ccc(-c2cccc([N+](=O)[O-])c2)o1. The van der Waals surface area contributed by atoms with Crippen molar-refractivity contribution in [3.05, 3.63) is 135 Å². The Labute approximate surface area is 263 Å². The summed E-state index contributed by atoms with van der Waals surface area (Å²) in [6.45, 7) is 5.20. The fraction of sp³-hybridized carbons (Fsp3) is 0.156. The number of rotatable bonds is 8. The van der Waals surface area contributed by atoms with E-state index in [1.807, 2.05) is 6.92 Å². The number of nitrogens with zero attached hydrogens (tertiary/aromatic N) is 4. The number of furan rings is 2. The third kappa shape index (κ3) is 5.45. The van der Waals surface area contributed by atoms with Gasteiger partial charge in [-0.2, -0.15) is 0 Å². The number of non-ortho nitro benzene ring substituents is 2. The normalized spacial score (nSPS) is 14.6. The van der Waals surface area contributed by atoms with E-state index in [0.717, 1.165) is 16.9 Å². The summed E-state index contributed by atoms with van der Waals surface area (Å²) in [6, 6.07) is 15.9. The molecule has 14 heteroatoms. The van der Waals surface area contributed by atoms with Crippen LogP contribution in [0.15, 0.2) is 96.6 Å². The molecule has 0 fully saturated rings. The zero-order valence-corrected chi connectivity index (χ0v) is 25.4. The number of thiazole rings is 1. The highest BCUT2D eigenvalue weighted by Gasteiger charge is 2.35. The highest BCUT2D eigenvalue weighted by atomic mass is 32.1. The number of fused-ring (bicyclic) bond motifs is 1. The minimum Gasteiger partial charge on any atom is -0.463 e. The first-order valence-electron chi connectivity index (χ1n) is 13.9. The Morgan fingerprint density at radius 1 is 1.00 bits per heavy atom. The Morgan fingerprint density at radius 2 is 1.74 bits per heavy atom. The number of benzene rings is 2. The van der Waals surface area contributed by atoms with Crippen LogP contribution in [-0.4, -0.2) is 27.0 Å². The molecule has 232 valence electrons. The Bertz CT molecular complexity index is 2270. The summed E-state index contributed by atoms with van der Waals surface area (Å²) in [5.41, 5.74) is 1.55. The van der Waals surface area contributed by atoms with Crippen molar-refractivity contribution >= 4 is 34.8 Å². The van der Waals surface area contributed by atoms with E-state index < -0.39 is 27.4 Å². The summed E-state index contributed by atoms with van der Waals surface area (Å²) in [5.74, 6) is 0.586. The monoisotopic (exact) mass is 640 g/mol. The number of carbonyl (C=O) groups excluding carboxylic acids is 1. The van der Waals surface area contributed by atoms with Crippen molar-refractivity contribution in [3.63, 3.8) is 0 Å². The van der Waals surface area contributed by atoms with E-state index in [4.69, 9.17) is 13.6 Å². The number of ether oxygens (including phenoxy) is 1. The van der Waals surface area contributed by atoms with Crippen molar-refractivity contribution in [2.24, 2.45) is 4.99 Å². The molecule has 1 atom stereocenters. The molecule has 3 aromatic heterocycles. The van der Waals surface area contributed by atoms with Crippen LogP contribution in [0.25, 0.3) is 28.7 Å². The molecule has 0 saturated carbocycles. The molecule has 4 heterocycles. The fourth-order valence-corrected chi connectivity index (χ4v) is 6.21. The van der Waals surface area contributed by atoms with Crippen molar-refractivity contribution in [3.8, 4) is 22.6 Å². The summed E-state index contributed by atoms with van der Waals surface area (Å²) in [7, 11) is 0. The van der Waals surface area contributed by atoms with Crippen LogP contribution >= 0.6 is 11.3 Å². The molecule has 0 saturated heterocycles. The summed E-state index contributed by atoms with van der Waals surface area (Å²) >= 11 is 1.09. The number of esters is 1. The highest BCUT2D eigenvalue weighted by molar-refractivity contribution is 7.07. The number of nitro benzene ring substituents is 2. The second kappa shape index (κ2) is 11.9. The van der Waals surface area contributed by atoms with Crippen molar-refractivity contribution in [1.29, 1.82) is 0 Å². The molecule has 1 aliphatic rings. The lowest BCUT2D eigenvalue weighted by Crippen LogP contribution is -2.39. The van der Waals surface area contributed by atoms with Gasteiger partial charge in [-0.25, -0.2) is 9.79 Å². The van der Waals surface area contributed by atoms with Crippen LogP contribution < -0.4 is 14.9 Å². The first-order chi connectivity index (χ1) is 22.0. The molecule has 2 aromatic carbocycles. The van der Waals surface area contributed by atoms with Crippen molar-refractivity contribution < 1.29 is 28.2 Å². The zero-order chi connectivity index (χ0) is 32.7. The van der Waals surface area contributed by atoms with Crippen LogP contribution in [0.1, 0.15) is 37.0 Å². The van der Waals surface area contributed by atoms with E-state index in [1.54, 1.807) is 50.2 Å². The van der Waals surface area contributed by atoms with Crippen molar-refractivity contribution in [2.45, 2.75) is 26.8 Å². The van der Waals surface area contributed by atoms with Gasteiger partial charge in [-0.15, -0.1) is 0 Å². The van der Waals surface area contributed by atoms with E-state index in [-0.39, 0.29) is 33.8 Å². The number of allylic oxidation sites excluding steroid dienone is 1. The average molecular weight is 641 g/mol. The van der Waals surface area contributed by atoms with E-state index in [2.05, 4.69) is 4.99 Å². The molecule has 0 radical (unpaired) electrons. The Hall–Kier alpha value is -5.89. The first kappa shape index (κ1) is 30.1. The quantitative estimate of drug-likeness (QED) is 0.121. The van der Waals surface area contributed by atoms with Crippen LogP contribution in [-0.2, 0) is 9.53 Å². The van der Waals surface area contributed by atoms with Gasteiger partial charge in [-0.1, -0.05) is 29.5 Å². The van der Waals surface area contributed by atoms with Crippen LogP contribution in [0, 0.1) is 27.2 Å². The lowest BCUT2D eigenvalue weighted by molar-refractivity contribution is -0.385. The van der Waals surface area contributed by atoms with E-state index in [0.29, 0.717) is 38.9 Å². The Balaban J connectivity index is 1.45. The van der Waals surface area contributed by atoms with Gasteiger partial charge in [0.2, 0.25) is 0 Å². The van der Waals surface area contributed by atoms with Gasteiger partial charge in [-0.3, -0.25) is 29.6 Å². The van der Waals surface area contributed by atoms with Gasteiger partial charge in [0, 0.05) is 41.5 Å². The van der Waals surface area contributed by atoms with Gasteiger partial charge in [-0.05, 0) is 50.6 Å². The van der Waals surface area contributed by atoms with E-state index in [1.165, 1.54) is 41.0 Å². The fourth-order valence-electron chi connectivity index (χ4n) is 5.18. The molecule has 0 bridgehead atoms. The summed E-state index contributed by atoms with van der Waals surface area (Å²) in [4.78, 5) is 53.6. The number of aryl methyl sites for hydroxylation is 1. The molecule has 0 unspecified atom stereocenters. The second-order valence-corrected chi connectivity index (χ2v) is 11.3. The minimum absolute atomic E-state index is 0.0776. The van der Waals surface area contributed by atoms with Crippen molar-refractivity contribution in [1.82, 2.24) is 4.57 Å². The standard InChI is InChI=1S/C32H24N4O9S/c1-4-43-31(38)28-18(3)33-32-34(29(28)26-13-12-24(45-26)19-6-5-7-20(14-19)35(39)40)30(37)27(46-32)16-22-10-11-25(44-22)23-15-21(36(41)42)9-8-17(23)2/h5-16,29H,4H2,1-3H3/b27-16-/t29-/m0/s1. The van der Waals surface area contributed by atoms with Crippen LogP contribution in [0.4, 0.5) is 11.4 Å². The maximum atomic E-state index is 14.0. The van der Waals surface area contributed by atoms with Gasteiger partial charge in [0.15, 0.2) is 4.80 Å². The van der Waals surface area contributed by atoms with Gasteiger partial charge in [0.1, 0.15) is 29.1 Å². The maximum absolute atomic E-state index is 14.0. The molecular weight excluding hydrogens is 616 g/mol. The van der Waals surface area contributed by atoms with Gasteiger partial charge in [0.25, 0.3) is 16.9 Å². The van der Waals surface area contributed by atoms with Crippen LogP contribution in [0.3, 0.4) is 0 Å². The highest BCUT2D eigenvalue weighted by Crippen LogP contribution is 2.35. The first-order valence-corrected chi connectivity index (χ1v) is 14.8. The lowest BCUT2D eigenvalue weighted by atomic mass is 10.0. The Kier molecular flexibility index (Phi) is 7.79. The third-order valence-corrected chi connectivity index (χ3v) is 8.34. The molecule has 6 rings (SSSR count). The van der Waals surface area contributed by atoms with Crippen LogP contribution in [0.5, 0.6) is 0 Å². The predicted molar refractivity (Wildman–Crippen MR) is 167 cm³/mol. The average Bonchev–Trinajstić information content (AvgIpc) is 3.77. The van der Waals surface area contributed by atoms with Gasteiger partial charge in [0.05, 0.1) is 32.3 Å². The number of hydrogen-bond acceptors (Lipinski definition) is 11. The lowest BCUT2D eigenvalue weighted by Gasteiger charge is -2.22. The topological polar surface area (TPSA) is 173 Å². The summed E-state index contributed by atoms with van der Waals surface area (Å²) in [6.07, 6.45) is 1.54. The number of hydrogen-bond donors (Lipinski definition) is 0. The largest absolute Gasteiger partial charge is 0.463 e. The predicted octanol–water partition coefficient (Wildman–Crippen LogP) is 5.44. The number of nitro groups is 2.